The van der Waals surface area contributed by atoms with Crippen LogP contribution in [0.15, 0.2) is 50.9 Å². The van der Waals surface area contributed by atoms with Crippen molar-refractivity contribution in [3.8, 4) is 0 Å². The molecule has 2 heteroatoms. The highest BCUT2D eigenvalue weighted by molar-refractivity contribution is 5.79. The van der Waals surface area contributed by atoms with Crippen molar-refractivity contribution in [2.75, 3.05) is 0 Å². The Bertz CT molecular complexity index is 387. The number of hydrogen-bond donors (Lipinski definition) is 0. The van der Waals surface area contributed by atoms with Crippen molar-refractivity contribution in [3.63, 3.8) is 0 Å². The molecule has 1 aliphatic heterocycles. The molecule has 0 aromatic carbocycles. The molecule has 0 aromatic heterocycles. The molecule has 0 aromatic rings. The number of hydrogen-bond acceptors (Lipinski definition) is 2. The fraction of sp³-hybridized carbons (Fsp3) is 0.250. The molecule has 0 saturated heterocycles. The van der Waals surface area contributed by atoms with Gasteiger partial charge in [-0.05, 0) is 32.9 Å². The van der Waals surface area contributed by atoms with Crippen molar-refractivity contribution >= 4 is 12.4 Å². The van der Waals surface area contributed by atoms with Crippen LogP contribution in [0.2, 0.25) is 0 Å². The molecule has 1 aliphatic rings. The second-order valence-electron chi connectivity index (χ2n) is 2.87. The third-order valence-corrected chi connectivity index (χ3v) is 1.75. The van der Waals surface area contributed by atoms with E-state index >= 15 is 0 Å². The van der Waals surface area contributed by atoms with Crippen LogP contribution in [0.25, 0.3) is 0 Å². The lowest BCUT2D eigenvalue weighted by molar-refractivity contribution is 1.24. The third-order valence-electron chi connectivity index (χ3n) is 1.75. The van der Waals surface area contributed by atoms with Gasteiger partial charge in [0.1, 0.15) is 0 Å². The standard InChI is InChI=1S/C12H14N2/c1-4-11(13-5-2)12-8-6-7-10(3)9-14-12/h4-6,8-9H,1-3H3. The predicted octanol–water partition coefficient (Wildman–Crippen LogP) is 3.05. The Morgan fingerprint density at radius 2 is 2.29 bits per heavy atom. The van der Waals surface area contributed by atoms with E-state index in [2.05, 4.69) is 15.7 Å². The summed E-state index contributed by atoms with van der Waals surface area (Å²) in [5.74, 6) is 0. The number of rotatable bonds is 2. The molecule has 0 bridgehead atoms. The lowest BCUT2D eigenvalue weighted by atomic mass is 10.3. The Morgan fingerprint density at radius 1 is 1.50 bits per heavy atom. The minimum atomic E-state index is 0.870. The first-order chi connectivity index (χ1) is 6.77. The van der Waals surface area contributed by atoms with E-state index in [1.165, 1.54) is 0 Å². The molecule has 0 fully saturated rings. The van der Waals surface area contributed by atoms with Gasteiger partial charge in [-0.25, -0.2) is 0 Å². The molecule has 0 atom stereocenters. The first-order valence-electron chi connectivity index (χ1n) is 4.61. The van der Waals surface area contributed by atoms with Crippen LogP contribution >= 0.6 is 0 Å². The molecule has 0 radical (unpaired) electrons. The van der Waals surface area contributed by atoms with Crippen molar-refractivity contribution in [3.05, 3.63) is 40.9 Å². The highest BCUT2D eigenvalue weighted by Gasteiger charge is 1.99. The van der Waals surface area contributed by atoms with Crippen molar-refractivity contribution < 1.29 is 0 Å². The topological polar surface area (TPSA) is 24.7 Å². The first kappa shape index (κ1) is 10.4. The van der Waals surface area contributed by atoms with Crippen molar-refractivity contribution in [2.24, 2.45) is 9.98 Å². The summed E-state index contributed by atoms with van der Waals surface area (Å²) in [7, 11) is 0. The van der Waals surface area contributed by atoms with Crippen LogP contribution in [-0.4, -0.2) is 12.4 Å². The Balaban J connectivity index is 2.98. The average molecular weight is 186 g/mol. The normalized spacial score (nSPS) is 16.9. The number of allylic oxidation sites excluding steroid dienone is 3. The Kier molecular flexibility index (Phi) is 3.84. The summed E-state index contributed by atoms with van der Waals surface area (Å²) in [6.07, 6.45) is 9.28. The predicted molar refractivity (Wildman–Crippen MR) is 61.8 cm³/mol. The molecule has 0 amide bonds. The lowest BCUT2D eigenvalue weighted by Crippen LogP contribution is -1.84. The van der Waals surface area contributed by atoms with Gasteiger partial charge in [-0.2, -0.15) is 0 Å². The van der Waals surface area contributed by atoms with Gasteiger partial charge >= 0.3 is 0 Å². The van der Waals surface area contributed by atoms with Crippen molar-refractivity contribution in [1.29, 1.82) is 0 Å². The molecule has 0 unspecified atom stereocenters. The van der Waals surface area contributed by atoms with Gasteiger partial charge in [-0.3, -0.25) is 9.98 Å². The summed E-state index contributed by atoms with van der Waals surface area (Å²) in [6.45, 7) is 5.81. The van der Waals surface area contributed by atoms with Gasteiger partial charge in [0.05, 0.1) is 11.4 Å². The molecule has 0 spiro atoms. The van der Waals surface area contributed by atoms with Crippen LogP contribution in [0.1, 0.15) is 20.8 Å². The summed E-state index contributed by atoms with van der Waals surface area (Å²) < 4.78 is 0. The fourth-order valence-electron chi connectivity index (χ4n) is 1.08. The van der Waals surface area contributed by atoms with Gasteiger partial charge in [0.2, 0.25) is 0 Å². The third kappa shape index (κ3) is 2.68. The van der Waals surface area contributed by atoms with E-state index in [1.54, 1.807) is 12.4 Å². The number of nitrogens with zero attached hydrogens (tertiary/aromatic N) is 2. The van der Waals surface area contributed by atoms with Gasteiger partial charge in [0, 0.05) is 18.0 Å². The zero-order valence-electron chi connectivity index (χ0n) is 8.78. The summed E-state index contributed by atoms with van der Waals surface area (Å²) in [5.41, 5.74) is 5.86. The van der Waals surface area contributed by atoms with Crippen molar-refractivity contribution in [2.45, 2.75) is 20.8 Å². The molecule has 0 saturated carbocycles. The Hall–Kier alpha value is -1.66. The molecule has 2 nitrogen and oxygen atoms in total. The molecular formula is C12H14N2. The summed E-state index contributed by atoms with van der Waals surface area (Å²) in [5, 5.41) is 0. The maximum atomic E-state index is 4.32. The quantitative estimate of drug-likeness (QED) is 0.468. The van der Waals surface area contributed by atoms with Gasteiger partial charge in [0.15, 0.2) is 0 Å². The molecule has 1 rings (SSSR count). The maximum absolute atomic E-state index is 4.32. The highest BCUT2D eigenvalue weighted by Crippen LogP contribution is 2.14. The molecular weight excluding hydrogens is 172 g/mol. The van der Waals surface area contributed by atoms with Gasteiger partial charge in [-0.1, -0.05) is 6.08 Å². The summed E-state index contributed by atoms with van der Waals surface area (Å²) in [6, 6.07) is 0. The van der Waals surface area contributed by atoms with Gasteiger partial charge < -0.3 is 0 Å². The van der Waals surface area contributed by atoms with Crippen LogP contribution in [0, 0.1) is 0 Å². The van der Waals surface area contributed by atoms with E-state index in [-0.39, 0.29) is 0 Å². The van der Waals surface area contributed by atoms with E-state index in [4.69, 9.17) is 0 Å². The summed E-state index contributed by atoms with van der Waals surface area (Å²) >= 11 is 0. The zero-order valence-corrected chi connectivity index (χ0v) is 8.78. The highest BCUT2D eigenvalue weighted by atomic mass is 14.8. The molecule has 0 N–H and O–H groups in total. The van der Waals surface area contributed by atoms with Crippen LogP contribution < -0.4 is 0 Å². The monoisotopic (exact) mass is 186 g/mol. The Morgan fingerprint density at radius 3 is 2.93 bits per heavy atom. The van der Waals surface area contributed by atoms with Crippen LogP contribution in [0.5, 0.6) is 0 Å². The molecule has 1 heterocycles. The smallest absolute Gasteiger partial charge is 0.0889 e. The van der Waals surface area contributed by atoms with Crippen LogP contribution in [0.3, 0.4) is 0 Å². The minimum Gasteiger partial charge on any atom is -0.260 e. The zero-order chi connectivity index (χ0) is 10.4. The summed E-state index contributed by atoms with van der Waals surface area (Å²) in [4.78, 5) is 8.55. The fourth-order valence-corrected chi connectivity index (χ4v) is 1.08. The van der Waals surface area contributed by atoms with Gasteiger partial charge in [0.25, 0.3) is 0 Å². The van der Waals surface area contributed by atoms with E-state index in [1.807, 2.05) is 39.0 Å². The number of aliphatic imine (C=N–C) groups is 2. The van der Waals surface area contributed by atoms with E-state index in [0.29, 0.717) is 0 Å². The lowest BCUT2D eigenvalue weighted by Gasteiger charge is -1.99. The SMILES string of the molecule is CC=NC(=CC)C1=CC=C=C(C)C=N1. The molecule has 14 heavy (non-hydrogen) atoms. The van der Waals surface area contributed by atoms with Crippen LogP contribution in [-0.2, 0) is 0 Å². The average Bonchev–Trinajstić information content (AvgIpc) is 2.40. The first-order valence-corrected chi connectivity index (χ1v) is 4.61. The Labute approximate surface area is 84.8 Å². The minimum absolute atomic E-state index is 0.870. The van der Waals surface area contributed by atoms with Crippen LogP contribution in [0.4, 0.5) is 0 Å². The molecule has 72 valence electrons. The van der Waals surface area contributed by atoms with E-state index < -0.39 is 0 Å². The van der Waals surface area contributed by atoms with E-state index in [0.717, 1.165) is 17.0 Å². The largest absolute Gasteiger partial charge is 0.260 e. The second-order valence-corrected chi connectivity index (χ2v) is 2.87. The van der Waals surface area contributed by atoms with Gasteiger partial charge in [-0.15, -0.1) is 5.73 Å². The second kappa shape index (κ2) is 5.15. The van der Waals surface area contributed by atoms with E-state index in [9.17, 15) is 0 Å². The molecule has 0 aliphatic carbocycles. The maximum Gasteiger partial charge on any atom is 0.0889 e. The van der Waals surface area contributed by atoms with Crippen molar-refractivity contribution in [1.82, 2.24) is 0 Å².